The summed E-state index contributed by atoms with van der Waals surface area (Å²) in [7, 11) is 1.97. The molecule has 0 saturated heterocycles. The Morgan fingerprint density at radius 3 is 2.08 bits per heavy atom. The number of rotatable bonds is 9. The largest absolute Gasteiger partial charge is 0.491 e. The summed E-state index contributed by atoms with van der Waals surface area (Å²) in [6, 6.07) is 4.20. The van der Waals surface area contributed by atoms with Crippen LogP contribution in [0.25, 0.3) is 0 Å². The molecule has 8 nitrogen and oxygen atoms in total. The van der Waals surface area contributed by atoms with Crippen LogP contribution >= 0.6 is 0 Å². The Balaban J connectivity index is 0.000000896. The lowest BCUT2D eigenvalue weighted by molar-refractivity contribution is -0.159. The van der Waals surface area contributed by atoms with Gasteiger partial charge in [-0.3, -0.25) is 0 Å². The van der Waals surface area contributed by atoms with Crippen molar-refractivity contribution in [3.63, 3.8) is 0 Å². The summed E-state index contributed by atoms with van der Waals surface area (Å²) in [5.74, 6) is -2.67. The quantitative estimate of drug-likeness (QED) is 0.436. The lowest BCUT2D eigenvalue weighted by Crippen LogP contribution is -2.26. The number of aryl methyl sites for hydroxylation is 2. The molecule has 0 amide bonds. The molecule has 1 aromatic rings. The van der Waals surface area contributed by atoms with Crippen molar-refractivity contribution in [2.75, 3.05) is 46.6 Å². The highest BCUT2D eigenvalue weighted by molar-refractivity contribution is 6.27. The van der Waals surface area contributed by atoms with Crippen LogP contribution in [0.2, 0.25) is 0 Å². The van der Waals surface area contributed by atoms with E-state index in [0.717, 1.165) is 17.9 Å². The molecule has 0 aromatic heterocycles. The lowest BCUT2D eigenvalue weighted by atomic mass is 10.1. The molecule has 0 aliphatic carbocycles. The van der Waals surface area contributed by atoms with E-state index in [1.165, 1.54) is 11.1 Å². The molecule has 8 heteroatoms. The Labute approximate surface area is 154 Å². The number of likely N-dealkylation sites (N-methyl/N-ethyl adjacent to an activating group) is 1. The number of hydrogen-bond donors (Lipinski definition) is 3. The summed E-state index contributed by atoms with van der Waals surface area (Å²) in [6.07, 6.45) is 0. The van der Waals surface area contributed by atoms with Crippen LogP contribution in [0.1, 0.15) is 16.7 Å². The molecule has 0 unspecified atom stereocenters. The molecule has 0 saturated carbocycles. The highest BCUT2D eigenvalue weighted by Gasteiger charge is 2.06. The van der Waals surface area contributed by atoms with E-state index in [-0.39, 0.29) is 6.61 Å². The maximum atomic E-state index is 9.10. The van der Waals surface area contributed by atoms with Crippen LogP contribution < -0.4 is 4.74 Å². The third-order valence-electron chi connectivity index (χ3n) is 3.63. The Hall–Kier alpha value is -2.16. The molecule has 0 aliphatic rings. The fourth-order valence-corrected chi connectivity index (χ4v) is 1.96. The molecule has 0 bridgehead atoms. The second-order valence-corrected chi connectivity index (χ2v) is 5.75. The third kappa shape index (κ3) is 9.97. The molecule has 26 heavy (non-hydrogen) atoms. The van der Waals surface area contributed by atoms with E-state index >= 15 is 0 Å². The third-order valence-corrected chi connectivity index (χ3v) is 3.63. The predicted octanol–water partition coefficient (Wildman–Crippen LogP) is 1.09. The number of nitrogens with zero attached hydrogens (tertiary/aromatic N) is 1. The zero-order valence-electron chi connectivity index (χ0n) is 15.8. The van der Waals surface area contributed by atoms with E-state index in [2.05, 4.69) is 32.9 Å². The van der Waals surface area contributed by atoms with Crippen molar-refractivity contribution in [2.45, 2.75) is 20.8 Å². The molecule has 0 heterocycles. The van der Waals surface area contributed by atoms with Crippen LogP contribution in [-0.4, -0.2) is 78.7 Å². The van der Waals surface area contributed by atoms with Crippen molar-refractivity contribution < 1.29 is 34.4 Å². The number of aliphatic carboxylic acids is 2. The van der Waals surface area contributed by atoms with Gasteiger partial charge in [-0.2, -0.15) is 0 Å². The number of aliphatic hydroxyl groups excluding tert-OH is 1. The van der Waals surface area contributed by atoms with E-state index in [9.17, 15) is 0 Å². The molecule has 1 aromatic carbocycles. The minimum absolute atomic E-state index is 0.186. The van der Waals surface area contributed by atoms with Gasteiger partial charge in [0.05, 0.1) is 19.8 Å². The van der Waals surface area contributed by atoms with Crippen LogP contribution in [0.4, 0.5) is 0 Å². The highest BCUT2D eigenvalue weighted by atomic mass is 16.5. The summed E-state index contributed by atoms with van der Waals surface area (Å²) in [5, 5.41) is 23.6. The first-order valence-electron chi connectivity index (χ1n) is 8.23. The van der Waals surface area contributed by atoms with Gasteiger partial charge in [0.25, 0.3) is 0 Å². The van der Waals surface area contributed by atoms with Gasteiger partial charge in [-0.25, -0.2) is 9.59 Å². The van der Waals surface area contributed by atoms with Crippen LogP contribution in [-0.2, 0) is 14.3 Å². The maximum absolute atomic E-state index is 9.10. The minimum Gasteiger partial charge on any atom is -0.491 e. The number of carboxylic acids is 2. The number of ether oxygens (including phenoxy) is 2. The summed E-state index contributed by atoms with van der Waals surface area (Å²) in [5.41, 5.74) is 3.61. The average molecular weight is 371 g/mol. The van der Waals surface area contributed by atoms with Gasteiger partial charge in [-0.05, 0) is 44.5 Å². The summed E-state index contributed by atoms with van der Waals surface area (Å²) in [6.45, 7) is 9.74. The van der Waals surface area contributed by atoms with Crippen molar-refractivity contribution in [1.29, 1.82) is 0 Å². The zero-order chi connectivity index (χ0) is 20.1. The number of carboxylic acid groups (broad SMARTS) is 2. The minimum atomic E-state index is -1.82. The summed E-state index contributed by atoms with van der Waals surface area (Å²) < 4.78 is 11.4. The van der Waals surface area contributed by atoms with Crippen LogP contribution in [0.15, 0.2) is 12.1 Å². The van der Waals surface area contributed by atoms with Crippen LogP contribution in [0, 0.1) is 20.8 Å². The van der Waals surface area contributed by atoms with Gasteiger partial charge in [-0.1, -0.05) is 12.1 Å². The number of benzene rings is 1. The first-order chi connectivity index (χ1) is 12.2. The molecule has 1 rings (SSSR count). The van der Waals surface area contributed by atoms with Gasteiger partial charge in [0.1, 0.15) is 12.4 Å². The van der Waals surface area contributed by atoms with Gasteiger partial charge in [-0.15, -0.1) is 0 Å². The van der Waals surface area contributed by atoms with Crippen molar-refractivity contribution >= 4 is 11.9 Å². The molecule has 0 fully saturated rings. The fourth-order valence-electron chi connectivity index (χ4n) is 1.96. The number of carbonyl (C=O) groups is 2. The van der Waals surface area contributed by atoms with Gasteiger partial charge in [0.2, 0.25) is 0 Å². The van der Waals surface area contributed by atoms with Crippen LogP contribution in [0.5, 0.6) is 5.75 Å². The monoisotopic (exact) mass is 371 g/mol. The SMILES string of the molecule is Cc1ccc(C)c(OCCOCCN(C)CCO)c1C.O=C(O)C(=O)O. The number of aliphatic hydroxyl groups is 1. The molecule has 3 N–H and O–H groups in total. The van der Waals surface area contributed by atoms with Crippen molar-refractivity contribution in [2.24, 2.45) is 0 Å². The van der Waals surface area contributed by atoms with E-state index in [0.29, 0.717) is 26.4 Å². The molecule has 0 radical (unpaired) electrons. The Bertz CT molecular complexity index is 563. The van der Waals surface area contributed by atoms with Gasteiger partial charge < -0.3 is 29.7 Å². The van der Waals surface area contributed by atoms with Crippen molar-refractivity contribution in [1.82, 2.24) is 4.90 Å². The highest BCUT2D eigenvalue weighted by Crippen LogP contribution is 2.25. The van der Waals surface area contributed by atoms with Gasteiger partial charge >= 0.3 is 11.9 Å². The van der Waals surface area contributed by atoms with Gasteiger partial charge in [0.15, 0.2) is 0 Å². The topological polar surface area (TPSA) is 117 Å². The predicted molar refractivity (Wildman–Crippen MR) is 96.8 cm³/mol. The van der Waals surface area contributed by atoms with Crippen LogP contribution in [0.3, 0.4) is 0 Å². The lowest BCUT2D eigenvalue weighted by Gasteiger charge is -2.16. The Morgan fingerprint density at radius 2 is 1.54 bits per heavy atom. The first-order valence-corrected chi connectivity index (χ1v) is 8.23. The second kappa shape index (κ2) is 13.1. The molecule has 148 valence electrons. The molecule has 0 aliphatic heterocycles. The average Bonchev–Trinajstić information content (AvgIpc) is 2.57. The van der Waals surface area contributed by atoms with E-state index in [1.54, 1.807) is 0 Å². The van der Waals surface area contributed by atoms with E-state index < -0.39 is 11.9 Å². The molecular formula is C18H29NO7. The van der Waals surface area contributed by atoms with Crippen molar-refractivity contribution in [3.05, 3.63) is 28.8 Å². The fraction of sp³-hybridized carbons (Fsp3) is 0.556. The first kappa shape index (κ1) is 23.8. The summed E-state index contributed by atoms with van der Waals surface area (Å²) >= 11 is 0. The Morgan fingerprint density at radius 1 is 0.962 bits per heavy atom. The summed E-state index contributed by atoms with van der Waals surface area (Å²) in [4.78, 5) is 20.2. The molecule has 0 atom stereocenters. The number of hydrogen-bond acceptors (Lipinski definition) is 6. The second-order valence-electron chi connectivity index (χ2n) is 5.75. The normalized spacial score (nSPS) is 10.2. The smallest absolute Gasteiger partial charge is 0.414 e. The standard InChI is InChI=1S/C16H27NO3.C2H2O4/c1-13-5-6-14(2)16(15(13)3)20-12-11-19-10-8-17(4)7-9-18;3-1(4)2(5)6/h5-6,18H,7-12H2,1-4H3;(H,3,4)(H,5,6). The maximum Gasteiger partial charge on any atom is 0.414 e. The van der Waals surface area contributed by atoms with E-state index in [4.69, 9.17) is 34.4 Å². The molecule has 0 spiro atoms. The Kier molecular flexibility index (Phi) is 12.0. The molecular weight excluding hydrogens is 342 g/mol. The van der Waals surface area contributed by atoms with Crippen molar-refractivity contribution in [3.8, 4) is 5.75 Å². The van der Waals surface area contributed by atoms with Gasteiger partial charge in [0, 0.05) is 13.1 Å². The zero-order valence-corrected chi connectivity index (χ0v) is 15.8. The van der Waals surface area contributed by atoms with E-state index in [1.807, 2.05) is 11.9 Å².